The number of hydrogen-bond acceptors (Lipinski definition) is 5. The lowest BCUT2D eigenvalue weighted by Crippen LogP contribution is -2.34. The normalized spacial score (nSPS) is 11.3. The van der Waals surface area contributed by atoms with Gasteiger partial charge >= 0.3 is 5.97 Å². The topological polar surface area (TPSA) is 88.4 Å². The van der Waals surface area contributed by atoms with Gasteiger partial charge in [0.25, 0.3) is 5.91 Å². The number of ether oxygens (including phenoxy) is 2. The molecule has 2 aromatic carbocycles. The van der Waals surface area contributed by atoms with Crippen molar-refractivity contribution in [3.8, 4) is 11.8 Å². The molecule has 0 saturated heterocycles. The maximum absolute atomic E-state index is 12.3. The highest BCUT2D eigenvalue weighted by Gasteiger charge is 2.20. The molecule has 0 aliphatic rings. The van der Waals surface area contributed by atoms with Crippen LogP contribution in [0.2, 0.25) is 0 Å². The number of benzene rings is 2. The van der Waals surface area contributed by atoms with Crippen LogP contribution in [-0.2, 0) is 14.3 Å². The van der Waals surface area contributed by atoms with Gasteiger partial charge in [0.2, 0.25) is 0 Å². The first kappa shape index (κ1) is 20.0. The molecule has 140 valence electrons. The zero-order valence-electron chi connectivity index (χ0n) is 15.3. The number of nitrogens with zero attached hydrogens (tertiary/aromatic N) is 1. The number of amides is 1. The average Bonchev–Trinajstić information content (AvgIpc) is 2.66. The number of esters is 1. The summed E-state index contributed by atoms with van der Waals surface area (Å²) in [6, 6.07) is 17.2. The van der Waals surface area contributed by atoms with E-state index in [0.717, 1.165) is 5.56 Å². The van der Waals surface area contributed by atoms with Crippen molar-refractivity contribution < 1.29 is 19.1 Å². The van der Waals surface area contributed by atoms with Gasteiger partial charge in [-0.1, -0.05) is 30.3 Å². The quantitative estimate of drug-likeness (QED) is 0.725. The number of nitrogens with one attached hydrogen (secondary N) is 1. The molecule has 0 aromatic heterocycles. The smallest absolute Gasteiger partial charge is 0.308 e. The standard InChI is InChI=1S/C21H22N2O4/c1-15(2)27-21(25)12-19(17-6-4-3-5-7-17)23-20(24)14-26-18-10-8-16(13-22)9-11-18/h3-11,15,19H,12,14H2,1-2H3,(H,23,24). The van der Waals surface area contributed by atoms with Crippen LogP contribution in [0.5, 0.6) is 5.75 Å². The zero-order chi connectivity index (χ0) is 19.6. The van der Waals surface area contributed by atoms with Crippen molar-refractivity contribution in [2.45, 2.75) is 32.4 Å². The largest absolute Gasteiger partial charge is 0.484 e. The predicted molar refractivity (Wildman–Crippen MR) is 99.8 cm³/mol. The Balaban J connectivity index is 1.97. The maximum Gasteiger partial charge on any atom is 0.308 e. The number of carbonyl (C=O) groups excluding carboxylic acids is 2. The number of nitriles is 1. The van der Waals surface area contributed by atoms with E-state index in [-0.39, 0.29) is 31.0 Å². The first-order chi connectivity index (χ1) is 13.0. The zero-order valence-corrected chi connectivity index (χ0v) is 15.3. The molecule has 1 N–H and O–H groups in total. The van der Waals surface area contributed by atoms with Crippen LogP contribution in [0.25, 0.3) is 0 Å². The Morgan fingerprint density at radius 1 is 1.07 bits per heavy atom. The van der Waals surface area contributed by atoms with Crippen LogP contribution in [0.4, 0.5) is 0 Å². The van der Waals surface area contributed by atoms with E-state index in [1.807, 2.05) is 36.4 Å². The van der Waals surface area contributed by atoms with Gasteiger partial charge in [-0.2, -0.15) is 5.26 Å². The molecule has 1 amide bonds. The second kappa shape index (κ2) is 9.97. The second-order valence-corrected chi connectivity index (χ2v) is 6.20. The van der Waals surface area contributed by atoms with Gasteiger partial charge in [0, 0.05) is 0 Å². The molecule has 6 heteroatoms. The van der Waals surface area contributed by atoms with E-state index in [9.17, 15) is 9.59 Å². The van der Waals surface area contributed by atoms with Crippen LogP contribution in [0.15, 0.2) is 54.6 Å². The van der Waals surface area contributed by atoms with E-state index in [1.54, 1.807) is 38.1 Å². The van der Waals surface area contributed by atoms with Crippen molar-refractivity contribution in [3.63, 3.8) is 0 Å². The van der Waals surface area contributed by atoms with Crippen LogP contribution in [0.1, 0.15) is 37.4 Å². The summed E-state index contributed by atoms with van der Waals surface area (Å²) in [5, 5.41) is 11.6. The summed E-state index contributed by atoms with van der Waals surface area (Å²) >= 11 is 0. The van der Waals surface area contributed by atoms with Crippen molar-refractivity contribution in [2.75, 3.05) is 6.61 Å². The van der Waals surface area contributed by atoms with E-state index in [1.165, 1.54) is 0 Å². The Kier molecular flexibility index (Phi) is 7.38. The van der Waals surface area contributed by atoms with E-state index in [0.29, 0.717) is 11.3 Å². The van der Waals surface area contributed by atoms with Crippen LogP contribution < -0.4 is 10.1 Å². The Bertz CT molecular complexity index is 795. The third-order valence-electron chi connectivity index (χ3n) is 3.63. The fourth-order valence-corrected chi connectivity index (χ4v) is 2.43. The van der Waals surface area contributed by atoms with Crippen molar-refractivity contribution in [1.82, 2.24) is 5.32 Å². The Morgan fingerprint density at radius 2 is 1.74 bits per heavy atom. The van der Waals surface area contributed by atoms with Gasteiger partial charge in [-0.15, -0.1) is 0 Å². The average molecular weight is 366 g/mol. The number of rotatable bonds is 8. The summed E-state index contributed by atoms with van der Waals surface area (Å²) in [5.41, 5.74) is 1.32. The molecule has 27 heavy (non-hydrogen) atoms. The molecular weight excluding hydrogens is 344 g/mol. The molecule has 0 spiro atoms. The highest BCUT2D eigenvalue weighted by atomic mass is 16.5. The van der Waals surface area contributed by atoms with Gasteiger partial charge in [-0.05, 0) is 43.7 Å². The molecule has 0 aliphatic carbocycles. The second-order valence-electron chi connectivity index (χ2n) is 6.20. The SMILES string of the molecule is CC(C)OC(=O)CC(NC(=O)COc1ccc(C#N)cc1)c1ccccc1. The molecule has 1 unspecified atom stereocenters. The molecule has 0 heterocycles. The first-order valence-corrected chi connectivity index (χ1v) is 8.64. The fourth-order valence-electron chi connectivity index (χ4n) is 2.43. The predicted octanol–water partition coefficient (Wildman–Crippen LogP) is 3.14. The third-order valence-corrected chi connectivity index (χ3v) is 3.63. The molecule has 1 atom stereocenters. The van der Waals surface area contributed by atoms with Gasteiger partial charge in [-0.3, -0.25) is 9.59 Å². The van der Waals surface area contributed by atoms with Crippen molar-refractivity contribution in [2.24, 2.45) is 0 Å². The summed E-state index contributed by atoms with van der Waals surface area (Å²) in [7, 11) is 0. The van der Waals surface area contributed by atoms with Gasteiger partial charge in [-0.25, -0.2) is 0 Å². The highest BCUT2D eigenvalue weighted by molar-refractivity contribution is 5.79. The molecule has 0 saturated carbocycles. The summed E-state index contributed by atoms with van der Waals surface area (Å²) in [4.78, 5) is 24.3. The van der Waals surface area contributed by atoms with Crippen molar-refractivity contribution >= 4 is 11.9 Å². The lowest BCUT2D eigenvalue weighted by Gasteiger charge is -2.19. The number of carbonyl (C=O) groups is 2. The van der Waals surface area contributed by atoms with Gasteiger partial charge in [0.1, 0.15) is 5.75 Å². The van der Waals surface area contributed by atoms with Gasteiger partial charge < -0.3 is 14.8 Å². The van der Waals surface area contributed by atoms with E-state index in [2.05, 4.69) is 5.32 Å². The lowest BCUT2D eigenvalue weighted by atomic mass is 10.0. The molecule has 0 fully saturated rings. The molecule has 6 nitrogen and oxygen atoms in total. The molecule has 0 aliphatic heterocycles. The van der Waals surface area contributed by atoms with Crippen molar-refractivity contribution in [1.29, 1.82) is 5.26 Å². The van der Waals surface area contributed by atoms with Crippen LogP contribution in [0.3, 0.4) is 0 Å². The highest BCUT2D eigenvalue weighted by Crippen LogP contribution is 2.18. The summed E-state index contributed by atoms with van der Waals surface area (Å²) in [6.07, 6.45) is -0.186. The summed E-state index contributed by atoms with van der Waals surface area (Å²) < 4.78 is 10.6. The van der Waals surface area contributed by atoms with E-state index < -0.39 is 6.04 Å². The minimum absolute atomic E-state index is 0.0325. The van der Waals surface area contributed by atoms with Crippen LogP contribution in [0, 0.1) is 11.3 Å². The summed E-state index contributed by atoms with van der Waals surface area (Å²) in [5.74, 6) is -0.252. The Hall–Kier alpha value is -3.33. The monoisotopic (exact) mass is 366 g/mol. The third kappa shape index (κ3) is 6.83. The van der Waals surface area contributed by atoms with Crippen LogP contribution in [-0.4, -0.2) is 24.6 Å². The van der Waals surface area contributed by atoms with E-state index in [4.69, 9.17) is 14.7 Å². The molecule has 2 aromatic rings. The Labute approximate surface area is 158 Å². The first-order valence-electron chi connectivity index (χ1n) is 8.64. The lowest BCUT2D eigenvalue weighted by molar-refractivity contribution is -0.148. The fraction of sp³-hybridized carbons (Fsp3) is 0.286. The number of hydrogen-bond donors (Lipinski definition) is 1. The molecule has 2 rings (SSSR count). The maximum atomic E-state index is 12.3. The molecule has 0 radical (unpaired) electrons. The van der Waals surface area contributed by atoms with E-state index >= 15 is 0 Å². The molecule has 0 bridgehead atoms. The summed E-state index contributed by atoms with van der Waals surface area (Å²) in [6.45, 7) is 3.35. The van der Waals surface area contributed by atoms with Gasteiger partial charge in [0.15, 0.2) is 6.61 Å². The minimum atomic E-state index is -0.505. The molecular formula is C21H22N2O4. The van der Waals surface area contributed by atoms with Crippen LogP contribution >= 0.6 is 0 Å². The van der Waals surface area contributed by atoms with Gasteiger partial charge in [0.05, 0.1) is 30.2 Å². The minimum Gasteiger partial charge on any atom is -0.484 e. The van der Waals surface area contributed by atoms with Crippen molar-refractivity contribution in [3.05, 3.63) is 65.7 Å². The Morgan fingerprint density at radius 3 is 2.33 bits per heavy atom.